The van der Waals surface area contributed by atoms with Crippen LogP contribution < -0.4 is 10.6 Å². The summed E-state index contributed by atoms with van der Waals surface area (Å²) in [6, 6.07) is 0.530. The van der Waals surface area contributed by atoms with Gasteiger partial charge in [-0.2, -0.15) is 0 Å². The predicted octanol–water partition coefficient (Wildman–Crippen LogP) is 2.34. The molecule has 1 unspecified atom stereocenters. The molecule has 2 rings (SSSR count). The minimum atomic E-state index is 0.530. The van der Waals surface area contributed by atoms with Crippen LogP contribution in [0.25, 0.3) is 0 Å². The van der Waals surface area contributed by atoms with E-state index in [1.165, 1.54) is 38.8 Å². The Labute approximate surface area is 153 Å². The van der Waals surface area contributed by atoms with Gasteiger partial charge in [0.05, 0.1) is 12.9 Å². The molecule has 1 atom stereocenters. The van der Waals surface area contributed by atoms with Crippen molar-refractivity contribution in [1.82, 2.24) is 25.1 Å². The van der Waals surface area contributed by atoms with Gasteiger partial charge >= 0.3 is 0 Å². The number of imidazole rings is 1. The van der Waals surface area contributed by atoms with Gasteiger partial charge < -0.3 is 15.2 Å². The van der Waals surface area contributed by atoms with Crippen molar-refractivity contribution in [2.75, 3.05) is 32.7 Å². The first-order valence-corrected chi connectivity index (χ1v) is 9.92. The zero-order valence-electron chi connectivity index (χ0n) is 16.2. The van der Waals surface area contributed by atoms with Crippen molar-refractivity contribution in [1.29, 1.82) is 0 Å². The van der Waals surface area contributed by atoms with Crippen molar-refractivity contribution in [3.63, 3.8) is 0 Å². The summed E-state index contributed by atoms with van der Waals surface area (Å²) in [6.07, 6.45) is 11.1. The summed E-state index contributed by atoms with van der Waals surface area (Å²) in [5.74, 6) is 1.54. The fourth-order valence-corrected chi connectivity index (χ4v) is 3.42. The van der Waals surface area contributed by atoms with Gasteiger partial charge in [0.25, 0.3) is 0 Å². The zero-order valence-corrected chi connectivity index (χ0v) is 16.2. The summed E-state index contributed by atoms with van der Waals surface area (Å²) in [6.45, 7) is 12.7. The highest BCUT2D eigenvalue weighted by molar-refractivity contribution is 5.79. The Bertz CT molecular complexity index is 474. The summed E-state index contributed by atoms with van der Waals surface area (Å²) in [5.41, 5.74) is 0. The molecule has 1 aliphatic heterocycles. The quantitative estimate of drug-likeness (QED) is 0.559. The number of aromatic nitrogens is 2. The maximum atomic E-state index is 4.89. The Balaban J connectivity index is 1.88. The summed E-state index contributed by atoms with van der Waals surface area (Å²) in [5, 5.41) is 6.81. The zero-order chi connectivity index (χ0) is 17.9. The summed E-state index contributed by atoms with van der Waals surface area (Å²) < 4.78 is 2.07. The highest BCUT2D eigenvalue weighted by atomic mass is 15.2. The van der Waals surface area contributed by atoms with E-state index in [0.29, 0.717) is 12.0 Å². The van der Waals surface area contributed by atoms with Crippen molar-refractivity contribution in [3.05, 3.63) is 18.7 Å². The van der Waals surface area contributed by atoms with Crippen molar-refractivity contribution < 1.29 is 0 Å². The average Bonchev–Trinajstić information content (AvgIpc) is 2.96. The predicted molar refractivity (Wildman–Crippen MR) is 105 cm³/mol. The summed E-state index contributed by atoms with van der Waals surface area (Å²) >= 11 is 0. The molecular weight excluding hydrogens is 312 g/mol. The third-order valence-electron chi connectivity index (χ3n) is 4.88. The average molecular weight is 349 g/mol. The van der Waals surface area contributed by atoms with Gasteiger partial charge in [0, 0.05) is 38.1 Å². The van der Waals surface area contributed by atoms with Crippen LogP contribution in [0.2, 0.25) is 0 Å². The monoisotopic (exact) mass is 348 g/mol. The SMILES string of the molecule is CCNC(=NCC(C(C)C)N1CCCCCC1)NCCn1ccnc1. The minimum absolute atomic E-state index is 0.530. The van der Waals surface area contributed by atoms with E-state index in [4.69, 9.17) is 4.99 Å². The van der Waals surface area contributed by atoms with E-state index in [1.807, 2.05) is 18.7 Å². The van der Waals surface area contributed by atoms with Crippen LogP contribution in [-0.4, -0.2) is 59.2 Å². The van der Waals surface area contributed by atoms with Gasteiger partial charge in [-0.1, -0.05) is 26.7 Å². The first kappa shape index (κ1) is 19.8. The number of rotatable bonds is 8. The Kier molecular flexibility index (Phi) is 8.80. The molecule has 2 N–H and O–H groups in total. The van der Waals surface area contributed by atoms with Crippen LogP contribution in [0, 0.1) is 5.92 Å². The Morgan fingerprint density at radius 1 is 1.16 bits per heavy atom. The van der Waals surface area contributed by atoms with E-state index in [-0.39, 0.29) is 0 Å². The number of hydrogen-bond donors (Lipinski definition) is 2. The van der Waals surface area contributed by atoms with Crippen LogP contribution in [-0.2, 0) is 6.54 Å². The molecule has 0 saturated carbocycles. The third-order valence-corrected chi connectivity index (χ3v) is 4.88. The molecule has 1 aliphatic rings. The first-order chi connectivity index (χ1) is 12.2. The Hall–Kier alpha value is -1.56. The maximum absolute atomic E-state index is 4.89. The number of nitrogens with one attached hydrogen (secondary N) is 2. The molecular formula is C19H36N6. The molecule has 142 valence electrons. The summed E-state index contributed by atoms with van der Waals surface area (Å²) in [7, 11) is 0. The van der Waals surface area contributed by atoms with E-state index in [9.17, 15) is 0 Å². The Morgan fingerprint density at radius 2 is 1.92 bits per heavy atom. The van der Waals surface area contributed by atoms with E-state index in [0.717, 1.165) is 32.1 Å². The number of hydrogen-bond acceptors (Lipinski definition) is 3. The topological polar surface area (TPSA) is 57.5 Å². The van der Waals surface area contributed by atoms with Crippen LogP contribution in [0.3, 0.4) is 0 Å². The lowest BCUT2D eigenvalue weighted by Crippen LogP contribution is -2.44. The smallest absolute Gasteiger partial charge is 0.191 e. The van der Waals surface area contributed by atoms with Gasteiger partial charge in [-0.25, -0.2) is 4.98 Å². The highest BCUT2D eigenvalue weighted by Crippen LogP contribution is 2.17. The normalized spacial score (nSPS) is 18.2. The lowest BCUT2D eigenvalue weighted by atomic mass is 10.0. The molecule has 25 heavy (non-hydrogen) atoms. The second-order valence-electron chi connectivity index (χ2n) is 7.21. The van der Waals surface area contributed by atoms with Gasteiger partial charge in [0.2, 0.25) is 0 Å². The summed E-state index contributed by atoms with van der Waals surface area (Å²) in [4.78, 5) is 11.6. The molecule has 6 nitrogen and oxygen atoms in total. The second kappa shape index (κ2) is 11.1. The van der Waals surface area contributed by atoms with Crippen LogP contribution in [0.5, 0.6) is 0 Å². The first-order valence-electron chi connectivity index (χ1n) is 9.92. The number of nitrogens with zero attached hydrogens (tertiary/aromatic N) is 4. The molecule has 0 aromatic carbocycles. The van der Waals surface area contributed by atoms with Crippen molar-refractivity contribution in [3.8, 4) is 0 Å². The fourth-order valence-electron chi connectivity index (χ4n) is 3.42. The van der Waals surface area contributed by atoms with Gasteiger partial charge in [-0.15, -0.1) is 0 Å². The number of likely N-dealkylation sites (tertiary alicyclic amines) is 1. The van der Waals surface area contributed by atoms with Crippen LogP contribution >= 0.6 is 0 Å². The largest absolute Gasteiger partial charge is 0.357 e. The van der Waals surface area contributed by atoms with Crippen molar-refractivity contribution in [2.45, 2.75) is 59.0 Å². The lowest BCUT2D eigenvalue weighted by Gasteiger charge is -2.32. The maximum Gasteiger partial charge on any atom is 0.191 e. The van der Waals surface area contributed by atoms with Crippen LogP contribution in [0.4, 0.5) is 0 Å². The van der Waals surface area contributed by atoms with Gasteiger partial charge in [0.1, 0.15) is 0 Å². The lowest BCUT2D eigenvalue weighted by molar-refractivity contribution is 0.166. The third kappa shape index (κ3) is 7.06. The molecule has 0 spiro atoms. The van der Waals surface area contributed by atoms with Crippen molar-refractivity contribution in [2.24, 2.45) is 10.9 Å². The van der Waals surface area contributed by atoms with Gasteiger partial charge in [-0.05, 0) is 38.8 Å². The Morgan fingerprint density at radius 3 is 2.52 bits per heavy atom. The molecule has 1 fully saturated rings. The number of aliphatic imine (C=N–C) groups is 1. The minimum Gasteiger partial charge on any atom is -0.357 e. The van der Waals surface area contributed by atoms with Crippen LogP contribution in [0.15, 0.2) is 23.7 Å². The van der Waals surface area contributed by atoms with E-state index < -0.39 is 0 Å². The fraction of sp³-hybridized carbons (Fsp3) is 0.789. The van der Waals surface area contributed by atoms with E-state index in [1.54, 1.807) is 0 Å². The molecule has 1 aromatic heterocycles. The molecule has 0 bridgehead atoms. The molecule has 0 aliphatic carbocycles. The molecule has 2 heterocycles. The van der Waals surface area contributed by atoms with Gasteiger partial charge in [-0.3, -0.25) is 9.89 Å². The molecule has 1 saturated heterocycles. The standard InChI is InChI=1S/C19H36N6/c1-4-21-19(22-10-14-24-13-9-20-16-24)23-15-18(17(2)3)25-11-7-5-6-8-12-25/h9,13,16-18H,4-8,10-12,14-15H2,1-3H3,(H2,21,22,23). The number of guanidine groups is 1. The van der Waals surface area contributed by atoms with E-state index >= 15 is 0 Å². The molecule has 1 aromatic rings. The van der Waals surface area contributed by atoms with E-state index in [2.05, 4.69) is 45.9 Å². The van der Waals surface area contributed by atoms with Gasteiger partial charge in [0.15, 0.2) is 5.96 Å². The van der Waals surface area contributed by atoms with Crippen LogP contribution in [0.1, 0.15) is 46.5 Å². The highest BCUT2D eigenvalue weighted by Gasteiger charge is 2.22. The molecule has 0 amide bonds. The van der Waals surface area contributed by atoms with Crippen molar-refractivity contribution >= 4 is 5.96 Å². The second-order valence-corrected chi connectivity index (χ2v) is 7.21. The molecule has 0 radical (unpaired) electrons. The molecule has 6 heteroatoms.